The van der Waals surface area contributed by atoms with Crippen LogP contribution in [0.25, 0.3) is 6.08 Å². The van der Waals surface area contributed by atoms with Gasteiger partial charge in [0.2, 0.25) is 0 Å². The predicted octanol–water partition coefficient (Wildman–Crippen LogP) is 2.59. The summed E-state index contributed by atoms with van der Waals surface area (Å²) in [6.07, 6.45) is 5.97. The Hall–Kier alpha value is -2.92. The van der Waals surface area contributed by atoms with Gasteiger partial charge in [0.1, 0.15) is 0 Å². The van der Waals surface area contributed by atoms with Gasteiger partial charge in [-0.2, -0.15) is 0 Å². The Morgan fingerprint density at radius 2 is 1.55 bits per heavy atom. The van der Waals surface area contributed by atoms with E-state index >= 15 is 0 Å². The first-order chi connectivity index (χ1) is 14.2. The topological polar surface area (TPSA) is 52.7 Å². The van der Waals surface area contributed by atoms with Gasteiger partial charge in [-0.15, -0.1) is 0 Å². The van der Waals surface area contributed by atoms with E-state index in [1.54, 1.807) is 4.90 Å². The number of nitrogens with zero attached hydrogens (tertiary/aromatic N) is 2. The molecule has 3 rings (SSSR count). The summed E-state index contributed by atoms with van der Waals surface area (Å²) in [4.78, 5) is 28.4. The van der Waals surface area contributed by atoms with Crippen molar-refractivity contribution in [3.63, 3.8) is 0 Å². The van der Waals surface area contributed by atoms with E-state index < -0.39 is 11.8 Å². The van der Waals surface area contributed by atoms with E-state index in [1.807, 2.05) is 36.4 Å². The summed E-state index contributed by atoms with van der Waals surface area (Å²) in [7, 11) is 0. The van der Waals surface area contributed by atoms with Crippen molar-refractivity contribution in [1.29, 1.82) is 0 Å². The highest BCUT2D eigenvalue weighted by atomic mass is 16.2. The zero-order chi connectivity index (χ0) is 20.3. The molecule has 0 bridgehead atoms. The minimum atomic E-state index is -0.490. The molecular weight excluding hydrogens is 362 g/mol. The molecule has 152 valence electrons. The molecule has 2 amide bonds. The molecule has 2 aromatic carbocycles. The van der Waals surface area contributed by atoms with Crippen LogP contribution in [0.15, 0.2) is 66.7 Å². The van der Waals surface area contributed by atoms with Crippen LogP contribution in [0.4, 0.5) is 0 Å². The van der Waals surface area contributed by atoms with Crippen LogP contribution in [0.3, 0.4) is 0 Å². The van der Waals surface area contributed by atoms with Crippen LogP contribution < -0.4 is 5.32 Å². The molecule has 0 saturated carbocycles. The van der Waals surface area contributed by atoms with Crippen molar-refractivity contribution in [2.45, 2.75) is 12.8 Å². The lowest BCUT2D eigenvalue weighted by Gasteiger charge is -2.33. The minimum Gasteiger partial charge on any atom is -0.348 e. The molecule has 0 atom stereocenters. The van der Waals surface area contributed by atoms with E-state index in [2.05, 4.69) is 46.6 Å². The number of piperazine rings is 1. The molecule has 5 heteroatoms. The van der Waals surface area contributed by atoms with E-state index in [4.69, 9.17) is 0 Å². The summed E-state index contributed by atoms with van der Waals surface area (Å²) in [6, 6.07) is 20.4. The average molecular weight is 392 g/mol. The molecule has 0 aliphatic carbocycles. The Kier molecular flexibility index (Phi) is 8.01. The van der Waals surface area contributed by atoms with Crippen molar-refractivity contribution in [2.24, 2.45) is 0 Å². The smallest absolute Gasteiger partial charge is 0.311 e. The lowest BCUT2D eigenvalue weighted by molar-refractivity contribution is -0.146. The van der Waals surface area contributed by atoms with Gasteiger partial charge in [0, 0.05) is 39.3 Å². The summed E-state index contributed by atoms with van der Waals surface area (Å²) in [5.74, 6) is -0.903. The number of carbonyl (C=O) groups is 2. The molecule has 1 heterocycles. The van der Waals surface area contributed by atoms with Gasteiger partial charge in [-0.1, -0.05) is 72.8 Å². The van der Waals surface area contributed by atoms with Crippen molar-refractivity contribution >= 4 is 17.9 Å². The van der Waals surface area contributed by atoms with E-state index in [0.29, 0.717) is 19.6 Å². The second kappa shape index (κ2) is 11.2. The van der Waals surface area contributed by atoms with Gasteiger partial charge < -0.3 is 10.2 Å². The summed E-state index contributed by atoms with van der Waals surface area (Å²) in [5.41, 5.74) is 2.43. The van der Waals surface area contributed by atoms with Gasteiger partial charge >= 0.3 is 11.8 Å². The monoisotopic (exact) mass is 391 g/mol. The summed E-state index contributed by atoms with van der Waals surface area (Å²) >= 11 is 0. The lowest BCUT2D eigenvalue weighted by Crippen LogP contribution is -2.52. The Morgan fingerprint density at radius 1 is 0.897 bits per heavy atom. The number of hydrogen-bond acceptors (Lipinski definition) is 3. The molecule has 0 spiro atoms. The van der Waals surface area contributed by atoms with Crippen LogP contribution in [0.2, 0.25) is 0 Å². The molecule has 5 nitrogen and oxygen atoms in total. The van der Waals surface area contributed by atoms with Crippen LogP contribution in [0.1, 0.15) is 17.5 Å². The molecule has 1 aliphatic heterocycles. The van der Waals surface area contributed by atoms with Crippen molar-refractivity contribution in [3.05, 3.63) is 77.9 Å². The highest BCUT2D eigenvalue weighted by Crippen LogP contribution is 2.05. The molecule has 0 radical (unpaired) electrons. The normalized spacial score (nSPS) is 14.8. The zero-order valence-corrected chi connectivity index (χ0v) is 16.8. The standard InChI is InChI=1S/C24H29N3O2/c28-23(25-15-7-13-21-9-3-1-4-10-21)24(29)27-19-17-26(18-20-27)16-8-14-22-11-5-2-6-12-22/h1-6,8-12,14H,7,13,15-20H2,(H,25,28)/b14-8+. The fourth-order valence-electron chi connectivity index (χ4n) is 3.39. The van der Waals surface area contributed by atoms with Crippen LogP contribution in [-0.4, -0.2) is 60.9 Å². The zero-order valence-electron chi connectivity index (χ0n) is 16.8. The maximum atomic E-state index is 12.3. The van der Waals surface area contributed by atoms with Crippen LogP contribution >= 0.6 is 0 Å². The van der Waals surface area contributed by atoms with Gasteiger partial charge in [0.25, 0.3) is 0 Å². The van der Waals surface area contributed by atoms with Crippen molar-refractivity contribution in [1.82, 2.24) is 15.1 Å². The number of aryl methyl sites for hydroxylation is 1. The first kappa shape index (κ1) is 20.8. The third kappa shape index (κ3) is 6.88. The molecular formula is C24H29N3O2. The molecule has 1 N–H and O–H groups in total. The Labute approximate surface area is 173 Å². The first-order valence-electron chi connectivity index (χ1n) is 10.3. The first-order valence-corrected chi connectivity index (χ1v) is 10.3. The number of nitrogens with one attached hydrogen (secondary N) is 1. The highest BCUT2D eigenvalue weighted by molar-refractivity contribution is 6.35. The average Bonchev–Trinajstić information content (AvgIpc) is 2.78. The van der Waals surface area contributed by atoms with Crippen LogP contribution in [0.5, 0.6) is 0 Å². The van der Waals surface area contributed by atoms with Crippen molar-refractivity contribution < 1.29 is 9.59 Å². The SMILES string of the molecule is O=C(NCCCc1ccccc1)C(=O)N1CCN(C/C=C/c2ccccc2)CC1. The van der Waals surface area contributed by atoms with Crippen molar-refractivity contribution in [2.75, 3.05) is 39.3 Å². The Bertz CT molecular complexity index is 797. The number of rotatable bonds is 7. The van der Waals surface area contributed by atoms with Gasteiger partial charge in [0.15, 0.2) is 0 Å². The molecule has 0 aromatic heterocycles. The van der Waals surface area contributed by atoms with Crippen molar-refractivity contribution in [3.8, 4) is 0 Å². The van der Waals surface area contributed by atoms with Crippen LogP contribution in [0, 0.1) is 0 Å². The van der Waals surface area contributed by atoms with E-state index in [9.17, 15) is 9.59 Å². The number of carbonyl (C=O) groups excluding carboxylic acids is 2. The second-order valence-corrected chi connectivity index (χ2v) is 7.25. The van der Waals surface area contributed by atoms with Gasteiger partial charge in [-0.25, -0.2) is 0 Å². The van der Waals surface area contributed by atoms with E-state index in [-0.39, 0.29) is 0 Å². The lowest BCUT2D eigenvalue weighted by atomic mass is 10.1. The second-order valence-electron chi connectivity index (χ2n) is 7.25. The van der Waals surface area contributed by atoms with Gasteiger partial charge in [-0.3, -0.25) is 14.5 Å². The maximum Gasteiger partial charge on any atom is 0.311 e. The maximum absolute atomic E-state index is 12.3. The fourth-order valence-corrected chi connectivity index (χ4v) is 3.39. The molecule has 29 heavy (non-hydrogen) atoms. The highest BCUT2D eigenvalue weighted by Gasteiger charge is 2.25. The molecule has 0 unspecified atom stereocenters. The van der Waals surface area contributed by atoms with Gasteiger partial charge in [0.05, 0.1) is 0 Å². The fraction of sp³-hybridized carbons (Fsp3) is 0.333. The molecule has 1 aliphatic rings. The number of hydrogen-bond donors (Lipinski definition) is 1. The predicted molar refractivity (Wildman–Crippen MR) is 116 cm³/mol. The van der Waals surface area contributed by atoms with E-state index in [1.165, 1.54) is 11.1 Å². The summed E-state index contributed by atoms with van der Waals surface area (Å²) in [6.45, 7) is 4.12. The summed E-state index contributed by atoms with van der Waals surface area (Å²) in [5, 5.41) is 2.76. The molecule has 1 saturated heterocycles. The van der Waals surface area contributed by atoms with E-state index in [0.717, 1.165) is 32.5 Å². The molecule has 1 fully saturated rings. The minimum absolute atomic E-state index is 0.413. The van der Waals surface area contributed by atoms with Crippen LogP contribution in [-0.2, 0) is 16.0 Å². The Balaban J connectivity index is 1.32. The number of benzene rings is 2. The summed E-state index contributed by atoms with van der Waals surface area (Å²) < 4.78 is 0. The third-order valence-corrected chi connectivity index (χ3v) is 5.10. The quantitative estimate of drug-likeness (QED) is 0.583. The third-order valence-electron chi connectivity index (χ3n) is 5.10. The van der Waals surface area contributed by atoms with Gasteiger partial charge in [-0.05, 0) is 24.0 Å². The number of amides is 2. The molecule has 2 aromatic rings. The largest absolute Gasteiger partial charge is 0.348 e. The Morgan fingerprint density at radius 3 is 2.24 bits per heavy atom.